The maximum absolute atomic E-state index is 4.44. The number of thiazole rings is 1. The third-order valence-electron chi connectivity index (χ3n) is 2.43. The average molecular weight is 241 g/mol. The molecule has 1 aromatic carbocycles. The largest absolute Gasteiger partial charge is 0.340 e. The molecule has 0 unspecified atom stereocenters. The molecule has 0 bridgehead atoms. The Morgan fingerprint density at radius 3 is 2.94 bits per heavy atom. The van der Waals surface area contributed by atoms with Gasteiger partial charge in [0.25, 0.3) is 0 Å². The van der Waals surface area contributed by atoms with E-state index in [1.807, 2.05) is 37.3 Å². The molecular formula is C13H11N3S. The number of aryl methyl sites for hydroxylation is 1. The molecular weight excluding hydrogens is 230 g/mol. The Kier molecular flexibility index (Phi) is 2.49. The van der Waals surface area contributed by atoms with Gasteiger partial charge in [-0.2, -0.15) is 0 Å². The van der Waals surface area contributed by atoms with E-state index in [9.17, 15) is 0 Å². The first-order valence-corrected chi connectivity index (χ1v) is 6.18. The molecule has 17 heavy (non-hydrogen) atoms. The van der Waals surface area contributed by atoms with Gasteiger partial charge in [0.2, 0.25) is 0 Å². The van der Waals surface area contributed by atoms with Crippen molar-refractivity contribution in [3.8, 4) is 0 Å². The molecule has 0 saturated heterocycles. The third kappa shape index (κ3) is 2.12. The van der Waals surface area contributed by atoms with Crippen LogP contribution in [0.5, 0.6) is 0 Å². The molecule has 84 valence electrons. The molecule has 3 nitrogen and oxygen atoms in total. The number of benzene rings is 1. The van der Waals surface area contributed by atoms with Crippen LogP contribution in [0.15, 0.2) is 42.6 Å². The van der Waals surface area contributed by atoms with Gasteiger partial charge < -0.3 is 5.32 Å². The first-order chi connectivity index (χ1) is 8.31. The minimum atomic E-state index is 0.855. The molecule has 4 heteroatoms. The lowest BCUT2D eigenvalue weighted by molar-refractivity contribution is 1.31. The predicted molar refractivity (Wildman–Crippen MR) is 71.9 cm³/mol. The highest BCUT2D eigenvalue weighted by Gasteiger charge is 2.02. The first-order valence-electron chi connectivity index (χ1n) is 5.36. The predicted octanol–water partition coefficient (Wildman–Crippen LogP) is 3.74. The minimum absolute atomic E-state index is 0.855. The van der Waals surface area contributed by atoms with Crippen molar-refractivity contribution in [1.29, 1.82) is 0 Å². The number of pyridine rings is 1. The van der Waals surface area contributed by atoms with Crippen molar-refractivity contribution in [2.24, 2.45) is 0 Å². The van der Waals surface area contributed by atoms with Crippen LogP contribution in [0.1, 0.15) is 5.01 Å². The zero-order valence-electron chi connectivity index (χ0n) is 9.34. The Morgan fingerprint density at radius 1 is 1.18 bits per heavy atom. The molecule has 0 radical (unpaired) electrons. The second-order valence-corrected chi connectivity index (χ2v) is 4.99. The van der Waals surface area contributed by atoms with Gasteiger partial charge in [-0.15, -0.1) is 11.3 Å². The van der Waals surface area contributed by atoms with Gasteiger partial charge in [-0.05, 0) is 37.3 Å². The molecule has 0 atom stereocenters. The summed E-state index contributed by atoms with van der Waals surface area (Å²) in [5.41, 5.74) is 2.10. The van der Waals surface area contributed by atoms with Crippen LogP contribution in [0.3, 0.4) is 0 Å². The average Bonchev–Trinajstić information content (AvgIpc) is 2.70. The second-order valence-electron chi connectivity index (χ2n) is 3.76. The molecule has 0 aliphatic carbocycles. The molecule has 0 amide bonds. The Labute approximate surface area is 103 Å². The highest BCUT2D eigenvalue weighted by atomic mass is 32.1. The highest BCUT2D eigenvalue weighted by Crippen LogP contribution is 2.25. The maximum Gasteiger partial charge on any atom is 0.130 e. The van der Waals surface area contributed by atoms with Gasteiger partial charge in [0.1, 0.15) is 5.82 Å². The van der Waals surface area contributed by atoms with E-state index < -0.39 is 0 Å². The molecule has 1 N–H and O–H groups in total. The quantitative estimate of drug-likeness (QED) is 0.742. The number of nitrogens with one attached hydrogen (secondary N) is 1. The topological polar surface area (TPSA) is 37.8 Å². The van der Waals surface area contributed by atoms with Crippen LogP contribution in [-0.2, 0) is 0 Å². The van der Waals surface area contributed by atoms with E-state index in [1.165, 1.54) is 4.70 Å². The van der Waals surface area contributed by atoms with E-state index >= 15 is 0 Å². The summed E-state index contributed by atoms with van der Waals surface area (Å²) in [5.74, 6) is 0.855. The lowest BCUT2D eigenvalue weighted by Crippen LogP contribution is -1.91. The van der Waals surface area contributed by atoms with Gasteiger partial charge in [-0.3, -0.25) is 0 Å². The van der Waals surface area contributed by atoms with Crippen molar-refractivity contribution in [2.75, 3.05) is 5.32 Å². The zero-order chi connectivity index (χ0) is 11.7. The van der Waals surface area contributed by atoms with Gasteiger partial charge >= 0.3 is 0 Å². The Hall–Kier alpha value is -1.94. The second kappa shape index (κ2) is 4.14. The van der Waals surface area contributed by atoms with Gasteiger partial charge in [-0.1, -0.05) is 6.07 Å². The van der Waals surface area contributed by atoms with Crippen LogP contribution in [0, 0.1) is 6.92 Å². The number of nitrogens with zero attached hydrogens (tertiary/aromatic N) is 2. The third-order valence-corrected chi connectivity index (χ3v) is 3.37. The maximum atomic E-state index is 4.44. The lowest BCUT2D eigenvalue weighted by atomic mass is 10.3. The molecule has 0 aliphatic rings. The van der Waals surface area contributed by atoms with Gasteiger partial charge in [0, 0.05) is 11.9 Å². The molecule has 0 aliphatic heterocycles. The summed E-state index contributed by atoms with van der Waals surface area (Å²) < 4.78 is 1.20. The summed E-state index contributed by atoms with van der Waals surface area (Å²) in [6, 6.07) is 12.0. The van der Waals surface area contributed by atoms with Crippen LogP contribution >= 0.6 is 11.3 Å². The van der Waals surface area contributed by atoms with Crippen molar-refractivity contribution >= 4 is 33.1 Å². The van der Waals surface area contributed by atoms with Crippen LogP contribution < -0.4 is 5.32 Å². The number of hydrogen-bond acceptors (Lipinski definition) is 4. The van der Waals surface area contributed by atoms with Crippen LogP contribution in [0.4, 0.5) is 11.5 Å². The van der Waals surface area contributed by atoms with E-state index in [4.69, 9.17) is 0 Å². The molecule has 0 saturated carbocycles. The smallest absolute Gasteiger partial charge is 0.130 e. The van der Waals surface area contributed by atoms with Crippen molar-refractivity contribution in [1.82, 2.24) is 9.97 Å². The molecule has 2 heterocycles. The Morgan fingerprint density at radius 2 is 2.12 bits per heavy atom. The van der Waals surface area contributed by atoms with Gasteiger partial charge in [0.05, 0.1) is 15.2 Å². The fraction of sp³-hybridized carbons (Fsp3) is 0.0769. The summed E-state index contributed by atoms with van der Waals surface area (Å²) in [6.45, 7) is 2.02. The number of hydrogen-bond donors (Lipinski definition) is 1. The standard InChI is InChI=1S/C13H11N3S/c1-9-15-11-6-5-10(8-12(11)17-9)16-13-4-2-3-7-14-13/h2-8H,1H3,(H,14,16). The summed E-state index contributed by atoms with van der Waals surface area (Å²) in [5, 5.41) is 4.37. The van der Waals surface area contributed by atoms with Crippen molar-refractivity contribution in [3.63, 3.8) is 0 Å². The summed E-state index contributed by atoms with van der Waals surface area (Å²) in [4.78, 5) is 8.67. The van der Waals surface area contributed by atoms with E-state index in [-0.39, 0.29) is 0 Å². The normalized spacial score (nSPS) is 10.6. The summed E-state index contributed by atoms with van der Waals surface area (Å²) >= 11 is 1.71. The Balaban J connectivity index is 1.95. The number of rotatable bonds is 2. The summed E-state index contributed by atoms with van der Waals surface area (Å²) in [7, 11) is 0. The SMILES string of the molecule is Cc1nc2ccc(Nc3ccccn3)cc2s1. The van der Waals surface area contributed by atoms with Gasteiger partial charge in [-0.25, -0.2) is 9.97 Å². The van der Waals surface area contributed by atoms with E-state index in [0.29, 0.717) is 0 Å². The minimum Gasteiger partial charge on any atom is -0.340 e. The van der Waals surface area contributed by atoms with Gasteiger partial charge in [0.15, 0.2) is 0 Å². The van der Waals surface area contributed by atoms with Crippen LogP contribution in [-0.4, -0.2) is 9.97 Å². The van der Waals surface area contributed by atoms with Crippen molar-refractivity contribution in [3.05, 3.63) is 47.6 Å². The Bertz CT molecular complexity index is 646. The number of aromatic nitrogens is 2. The molecule has 0 fully saturated rings. The van der Waals surface area contributed by atoms with Crippen LogP contribution in [0.2, 0.25) is 0 Å². The molecule has 2 aromatic heterocycles. The fourth-order valence-corrected chi connectivity index (χ4v) is 2.57. The number of fused-ring (bicyclic) bond motifs is 1. The zero-order valence-corrected chi connectivity index (χ0v) is 10.2. The molecule has 0 spiro atoms. The van der Waals surface area contributed by atoms with Crippen molar-refractivity contribution < 1.29 is 0 Å². The summed E-state index contributed by atoms with van der Waals surface area (Å²) in [6.07, 6.45) is 1.78. The molecule has 3 aromatic rings. The first kappa shape index (κ1) is 10.2. The van der Waals surface area contributed by atoms with E-state index in [1.54, 1.807) is 17.5 Å². The van der Waals surface area contributed by atoms with E-state index in [0.717, 1.165) is 22.0 Å². The lowest BCUT2D eigenvalue weighted by Gasteiger charge is -2.04. The number of anilines is 2. The van der Waals surface area contributed by atoms with E-state index in [2.05, 4.69) is 21.4 Å². The van der Waals surface area contributed by atoms with Crippen LogP contribution in [0.25, 0.3) is 10.2 Å². The monoisotopic (exact) mass is 241 g/mol. The highest BCUT2D eigenvalue weighted by molar-refractivity contribution is 7.18. The fourth-order valence-electron chi connectivity index (χ4n) is 1.70. The van der Waals surface area contributed by atoms with Crippen molar-refractivity contribution in [2.45, 2.75) is 6.92 Å². The molecule has 3 rings (SSSR count).